The Balaban J connectivity index is 3.72. The largest absolute Gasteiger partial charge is 0.756 e. The summed E-state index contributed by atoms with van der Waals surface area (Å²) in [5.41, 5.74) is 0. The predicted molar refractivity (Wildman–Crippen MR) is 224 cm³/mol. The van der Waals surface area contributed by atoms with E-state index in [0.717, 1.165) is 32.1 Å². The van der Waals surface area contributed by atoms with Crippen molar-refractivity contribution in [1.29, 1.82) is 0 Å². The Morgan fingerprint density at radius 2 is 0.925 bits per heavy atom. The number of nitrogens with zero attached hydrogens (tertiary/aromatic N) is 1. The highest BCUT2D eigenvalue weighted by molar-refractivity contribution is 7.45. The summed E-state index contributed by atoms with van der Waals surface area (Å²) in [5, 5.41) is 13.6. The second-order valence-electron chi connectivity index (χ2n) is 17.1. The number of rotatable bonds is 42. The Hall–Kier alpha value is -0.500. The van der Waals surface area contributed by atoms with Gasteiger partial charge in [0.2, 0.25) is 5.91 Å². The standard InChI is InChI=1S/C44H91N2O6P/c1-6-8-10-11-12-13-14-15-16-17-18-19-20-21-22-23-24-25-26-27-28-29-30-31-32-33-34-35-36-37-43(47)42(45-44(48)38-9-7-2)41-52-53(49,50)51-40-39-46(3,4)5/h42-43,47H,6-41H2,1-5H3,(H-,45,48,49,50). The fourth-order valence-corrected chi connectivity index (χ4v) is 7.62. The van der Waals surface area contributed by atoms with Crippen LogP contribution in [0.15, 0.2) is 0 Å². The fraction of sp³-hybridized carbons (Fsp3) is 0.977. The van der Waals surface area contributed by atoms with Crippen LogP contribution in [0.2, 0.25) is 0 Å². The number of unbranched alkanes of at least 4 members (excludes halogenated alkanes) is 29. The van der Waals surface area contributed by atoms with Crippen molar-refractivity contribution in [3.8, 4) is 0 Å². The first kappa shape index (κ1) is 52.5. The molecular weight excluding hydrogens is 683 g/mol. The van der Waals surface area contributed by atoms with Gasteiger partial charge in [-0.25, -0.2) is 0 Å². The summed E-state index contributed by atoms with van der Waals surface area (Å²) in [6, 6.07) is -0.789. The van der Waals surface area contributed by atoms with Gasteiger partial charge in [0.1, 0.15) is 13.2 Å². The molecule has 3 atom stereocenters. The first-order valence-corrected chi connectivity index (χ1v) is 24.3. The highest BCUT2D eigenvalue weighted by Crippen LogP contribution is 2.38. The van der Waals surface area contributed by atoms with E-state index >= 15 is 0 Å². The number of phosphoric acid groups is 1. The normalized spacial score (nSPS) is 14.3. The first-order valence-electron chi connectivity index (χ1n) is 22.9. The average molecular weight is 775 g/mol. The van der Waals surface area contributed by atoms with Crippen molar-refractivity contribution in [1.82, 2.24) is 5.32 Å². The van der Waals surface area contributed by atoms with Crippen LogP contribution in [0.5, 0.6) is 0 Å². The molecule has 0 rings (SSSR count). The second kappa shape index (κ2) is 37.1. The van der Waals surface area contributed by atoms with Crippen LogP contribution in [0.3, 0.4) is 0 Å². The number of carbonyl (C=O) groups is 1. The molecular formula is C44H91N2O6P. The number of quaternary nitrogens is 1. The molecule has 0 aliphatic rings. The minimum absolute atomic E-state index is 0.0139. The van der Waals surface area contributed by atoms with Gasteiger partial charge < -0.3 is 28.8 Å². The fourth-order valence-electron chi connectivity index (χ4n) is 6.90. The summed E-state index contributed by atoms with van der Waals surface area (Å²) in [5.74, 6) is -0.197. The third-order valence-corrected chi connectivity index (χ3v) is 11.6. The lowest BCUT2D eigenvalue weighted by molar-refractivity contribution is -0.870. The predicted octanol–water partition coefficient (Wildman–Crippen LogP) is 12.0. The van der Waals surface area contributed by atoms with Crippen molar-refractivity contribution in [2.24, 2.45) is 0 Å². The number of hydrogen-bond donors (Lipinski definition) is 2. The van der Waals surface area contributed by atoms with Gasteiger partial charge in [-0.15, -0.1) is 0 Å². The van der Waals surface area contributed by atoms with E-state index in [4.69, 9.17) is 9.05 Å². The molecule has 318 valence electrons. The van der Waals surface area contributed by atoms with Gasteiger partial charge in [-0.05, 0) is 12.8 Å². The molecule has 3 unspecified atom stereocenters. The first-order chi connectivity index (χ1) is 25.5. The SMILES string of the molecule is CCCCCCCCCCCCCCCCCCCCCCCCCCCCCCCC(O)C(COP(=O)([O-])OCC[N+](C)(C)C)NC(=O)CCCC. The van der Waals surface area contributed by atoms with Gasteiger partial charge in [0.15, 0.2) is 0 Å². The molecule has 2 N–H and O–H groups in total. The van der Waals surface area contributed by atoms with Crippen molar-refractivity contribution in [3.63, 3.8) is 0 Å². The smallest absolute Gasteiger partial charge is 0.268 e. The lowest BCUT2D eigenvalue weighted by Gasteiger charge is -2.30. The van der Waals surface area contributed by atoms with Crippen molar-refractivity contribution in [2.45, 2.75) is 238 Å². The van der Waals surface area contributed by atoms with E-state index in [1.165, 1.54) is 167 Å². The van der Waals surface area contributed by atoms with Crippen molar-refractivity contribution in [2.75, 3.05) is 40.9 Å². The zero-order valence-corrected chi connectivity index (χ0v) is 36.9. The van der Waals surface area contributed by atoms with Crippen LogP contribution < -0.4 is 10.2 Å². The van der Waals surface area contributed by atoms with E-state index in [1.807, 2.05) is 28.1 Å². The molecule has 0 saturated heterocycles. The van der Waals surface area contributed by atoms with Crippen LogP contribution in [0, 0.1) is 0 Å². The Labute approximate surface area is 329 Å². The number of hydrogen-bond acceptors (Lipinski definition) is 6. The third-order valence-electron chi connectivity index (χ3n) is 10.6. The maximum atomic E-state index is 12.4. The molecule has 0 bridgehead atoms. The van der Waals surface area contributed by atoms with Crippen molar-refractivity contribution >= 4 is 13.7 Å². The van der Waals surface area contributed by atoms with Gasteiger partial charge in [0.25, 0.3) is 7.82 Å². The summed E-state index contributed by atoms with van der Waals surface area (Å²) in [6.07, 6.45) is 41.1. The number of likely N-dealkylation sites (N-methyl/N-ethyl adjacent to an activating group) is 1. The second-order valence-corrected chi connectivity index (χ2v) is 18.5. The topological polar surface area (TPSA) is 108 Å². The molecule has 0 aliphatic heterocycles. The zero-order valence-electron chi connectivity index (χ0n) is 36.0. The molecule has 0 aliphatic carbocycles. The molecule has 1 amide bonds. The molecule has 0 heterocycles. The summed E-state index contributed by atoms with van der Waals surface area (Å²) in [4.78, 5) is 24.7. The summed E-state index contributed by atoms with van der Waals surface area (Å²) in [6.45, 7) is 4.50. The molecule has 0 saturated carbocycles. The lowest BCUT2D eigenvalue weighted by atomic mass is 10.0. The van der Waals surface area contributed by atoms with E-state index in [2.05, 4.69) is 12.2 Å². The number of nitrogens with one attached hydrogen (secondary N) is 1. The Morgan fingerprint density at radius 3 is 1.26 bits per heavy atom. The number of aliphatic hydroxyl groups excluding tert-OH is 1. The van der Waals surface area contributed by atoms with Gasteiger partial charge in [-0.1, -0.05) is 206 Å². The monoisotopic (exact) mass is 775 g/mol. The maximum Gasteiger partial charge on any atom is 0.268 e. The van der Waals surface area contributed by atoms with E-state index in [0.29, 0.717) is 23.9 Å². The summed E-state index contributed by atoms with van der Waals surface area (Å²) in [7, 11) is 1.31. The maximum absolute atomic E-state index is 12.4. The van der Waals surface area contributed by atoms with Crippen LogP contribution in [-0.4, -0.2) is 68.5 Å². The van der Waals surface area contributed by atoms with Gasteiger partial charge in [-0.3, -0.25) is 9.36 Å². The van der Waals surface area contributed by atoms with Gasteiger partial charge in [0, 0.05) is 6.42 Å². The third kappa shape index (κ3) is 39.5. The van der Waals surface area contributed by atoms with Crippen LogP contribution >= 0.6 is 7.82 Å². The van der Waals surface area contributed by atoms with E-state index in [1.54, 1.807) is 0 Å². The van der Waals surface area contributed by atoms with Crippen LogP contribution in [0.1, 0.15) is 226 Å². The average Bonchev–Trinajstić information content (AvgIpc) is 3.11. The van der Waals surface area contributed by atoms with E-state index in [9.17, 15) is 19.4 Å². The number of aliphatic hydroxyl groups is 1. The van der Waals surface area contributed by atoms with Gasteiger partial charge in [0.05, 0.1) is 39.9 Å². The van der Waals surface area contributed by atoms with Gasteiger partial charge >= 0.3 is 0 Å². The number of amides is 1. The molecule has 0 spiro atoms. The minimum atomic E-state index is -4.53. The zero-order chi connectivity index (χ0) is 39.3. The summed E-state index contributed by atoms with van der Waals surface area (Å²) < 4.78 is 22.9. The number of carbonyl (C=O) groups excluding carboxylic acids is 1. The van der Waals surface area contributed by atoms with Crippen LogP contribution in [0.25, 0.3) is 0 Å². The van der Waals surface area contributed by atoms with Crippen LogP contribution in [-0.2, 0) is 18.4 Å². The van der Waals surface area contributed by atoms with E-state index in [-0.39, 0.29) is 19.1 Å². The molecule has 9 heteroatoms. The van der Waals surface area contributed by atoms with Crippen molar-refractivity contribution < 1.29 is 32.9 Å². The molecule has 53 heavy (non-hydrogen) atoms. The minimum Gasteiger partial charge on any atom is -0.756 e. The molecule has 0 aromatic carbocycles. The van der Waals surface area contributed by atoms with Crippen molar-refractivity contribution in [3.05, 3.63) is 0 Å². The Morgan fingerprint density at radius 1 is 0.585 bits per heavy atom. The van der Waals surface area contributed by atoms with E-state index < -0.39 is 20.0 Å². The summed E-state index contributed by atoms with van der Waals surface area (Å²) >= 11 is 0. The molecule has 0 aromatic heterocycles. The lowest BCUT2D eigenvalue weighted by Crippen LogP contribution is -2.46. The van der Waals surface area contributed by atoms with Gasteiger partial charge in [-0.2, -0.15) is 0 Å². The van der Waals surface area contributed by atoms with Crippen LogP contribution in [0.4, 0.5) is 0 Å². The number of phosphoric ester groups is 1. The molecule has 0 radical (unpaired) electrons. The molecule has 0 fully saturated rings. The highest BCUT2D eigenvalue weighted by atomic mass is 31.2. The quantitative estimate of drug-likeness (QED) is 0.0363. The Bertz CT molecular complexity index is 839. The Kier molecular flexibility index (Phi) is 36.7. The highest BCUT2D eigenvalue weighted by Gasteiger charge is 2.24. The molecule has 0 aromatic rings. The molecule has 8 nitrogen and oxygen atoms in total.